The van der Waals surface area contributed by atoms with E-state index in [1.807, 2.05) is 0 Å². The smallest absolute Gasteiger partial charge is 0.312 e. The molecule has 6 heteroatoms. The highest BCUT2D eigenvalue weighted by atomic mass is 79.9. The summed E-state index contributed by atoms with van der Waals surface area (Å²) in [6.07, 6.45) is 0.628. The molecule has 0 bridgehead atoms. The first-order valence-electron chi connectivity index (χ1n) is 4.87. The third-order valence-corrected chi connectivity index (χ3v) is 2.51. The molecule has 0 saturated carbocycles. The van der Waals surface area contributed by atoms with Crippen LogP contribution in [0.5, 0.6) is 5.75 Å². The number of hydrogen-bond acceptors (Lipinski definition) is 4. The molecule has 17 heavy (non-hydrogen) atoms. The van der Waals surface area contributed by atoms with Crippen LogP contribution in [0.1, 0.15) is 18.6 Å². The molecule has 0 unspecified atom stereocenters. The molecule has 92 valence electrons. The van der Waals surface area contributed by atoms with Gasteiger partial charge < -0.3 is 9.84 Å². The van der Waals surface area contributed by atoms with E-state index < -0.39 is 11.0 Å². The maximum Gasteiger partial charge on any atom is 0.312 e. The predicted octanol–water partition coefficient (Wildman–Crippen LogP) is 2.98. The van der Waals surface area contributed by atoms with Crippen LogP contribution in [0.4, 0.5) is 5.69 Å². The van der Waals surface area contributed by atoms with Gasteiger partial charge >= 0.3 is 5.69 Å². The van der Waals surface area contributed by atoms with Gasteiger partial charge in [0.05, 0.1) is 11.0 Å². The molecule has 0 amide bonds. The van der Waals surface area contributed by atoms with Crippen molar-refractivity contribution in [3.8, 4) is 5.75 Å². The summed E-state index contributed by atoms with van der Waals surface area (Å²) in [5.74, 6) is 0.0769. The minimum Gasteiger partial charge on any atom is -0.482 e. The molecule has 1 atom stereocenters. The van der Waals surface area contributed by atoms with Gasteiger partial charge in [-0.15, -0.1) is 0 Å². The monoisotopic (exact) mass is 301 g/mol. The SMILES string of the molecule is C=CCOc1c([C@H](C)O)cc(Br)cc1[N+](=O)[O-]. The number of aliphatic hydroxyl groups is 1. The minimum atomic E-state index is -0.856. The Bertz CT molecular complexity index is 445. The number of nitro groups is 1. The van der Waals surface area contributed by atoms with Crippen molar-refractivity contribution >= 4 is 21.6 Å². The highest BCUT2D eigenvalue weighted by Gasteiger charge is 2.22. The van der Waals surface area contributed by atoms with Crippen LogP contribution in [0.3, 0.4) is 0 Å². The van der Waals surface area contributed by atoms with Crippen molar-refractivity contribution < 1.29 is 14.8 Å². The molecule has 0 aliphatic rings. The van der Waals surface area contributed by atoms with Gasteiger partial charge in [0.2, 0.25) is 5.75 Å². The second-order valence-corrected chi connectivity index (χ2v) is 4.29. The summed E-state index contributed by atoms with van der Waals surface area (Å²) in [5.41, 5.74) is 0.185. The quantitative estimate of drug-likeness (QED) is 0.515. The Morgan fingerprint density at radius 1 is 1.71 bits per heavy atom. The van der Waals surface area contributed by atoms with Crippen molar-refractivity contribution in [1.82, 2.24) is 0 Å². The maximum absolute atomic E-state index is 10.9. The zero-order valence-corrected chi connectivity index (χ0v) is 10.8. The zero-order chi connectivity index (χ0) is 13.0. The second-order valence-electron chi connectivity index (χ2n) is 3.38. The lowest BCUT2D eigenvalue weighted by molar-refractivity contribution is -0.386. The fraction of sp³-hybridized carbons (Fsp3) is 0.273. The Morgan fingerprint density at radius 2 is 2.35 bits per heavy atom. The van der Waals surface area contributed by atoms with Crippen LogP contribution in [0.15, 0.2) is 29.3 Å². The van der Waals surface area contributed by atoms with Gasteiger partial charge in [0, 0.05) is 16.1 Å². The van der Waals surface area contributed by atoms with Crippen molar-refractivity contribution in [2.45, 2.75) is 13.0 Å². The molecule has 1 aromatic rings. The van der Waals surface area contributed by atoms with E-state index in [1.165, 1.54) is 19.1 Å². The first-order valence-corrected chi connectivity index (χ1v) is 5.66. The lowest BCUT2D eigenvalue weighted by atomic mass is 10.1. The first kappa shape index (κ1) is 13.7. The molecular weight excluding hydrogens is 290 g/mol. The Labute approximate surface area is 107 Å². The molecule has 1 aromatic carbocycles. The molecule has 0 aliphatic carbocycles. The fourth-order valence-corrected chi connectivity index (χ4v) is 1.81. The summed E-state index contributed by atoms with van der Waals surface area (Å²) in [5, 5.41) is 20.5. The molecular formula is C11H12BrNO4. The number of hydrogen-bond donors (Lipinski definition) is 1. The molecule has 0 aromatic heterocycles. The van der Waals surface area contributed by atoms with E-state index in [0.29, 0.717) is 10.0 Å². The van der Waals surface area contributed by atoms with Crippen LogP contribution in [0.25, 0.3) is 0 Å². The van der Waals surface area contributed by atoms with Gasteiger partial charge in [-0.3, -0.25) is 10.1 Å². The third-order valence-electron chi connectivity index (χ3n) is 2.06. The summed E-state index contributed by atoms with van der Waals surface area (Å²) in [6, 6.07) is 2.93. The van der Waals surface area contributed by atoms with E-state index in [4.69, 9.17) is 4.74 Å². The Hall–Kier alpha value is -1.40. The van der Waals surface area contributed by atoms with Crippen molar-refractivity contribution in [2.24, 2.45) is 0 Å². The van der Waals surface area contributed by atoms with E-state index in [0.717, 1.165) is 0 Å². The van der Waals surface area contributed by atoms with Gasteiger partial charge in [-0.1, -0.05) is 28.6 Å². The number of aliphatic hydroxyl groups excluding tert-OH is 1. The molecule has 5 nitrogen and oxygen atoms in total. The van der Waals surface area contributed by atoms with Crippen molar-refractivity contribution in [3.63, 3.8) is 0 Å². The van der Waals surface area contributed by atoms with E-state index in [9.17, 15) is 15.2 Å². The maximum atomic E-state index is 10.9. The summed E-state index contributed by atoms with van der Waals surface area (Å²) < 4.78 is 5.77. The van der Waals surface area contributed by atoms with Crippen molar-refractivity contribution in [3.05, 3.63) is 44.9 Å². The molecule has 0 aliphatic heterocycles. The van der Waals surface area contributed by atoms with Crippen LogP contribution in [-0.4, -0.2) is 16.6 Å². The van der Waals surface area contributed by atoms with E-state index in [2.05, 4.69) is 22.5 Å². The lowest BCUT2D eigenvalue weighted by Crippen LogP contribution is -2.04. The van der Waals surface area contributed by atoms with E-state index >= 15 is 0 Å². The number of halogens is 1. The normalized spacial score (nSPS) is 11.9. The summed E-state index contributed by atoms with van der Waals surface area (Å²) >= 11 is 3.16. The van der Waals surface area contributed by atoms with Crippen LogP contribution < -0.4 is 4.74 Å². The van der Waals surface area contributed by atoms with E-state index in [1.54, 1.807) is 6.07 Å². The zero-order valence-electron chi connectivity index (χ0n) is 9.22. The topological polar surface area (TPSA) is 72.6 Å². The van der Waals surface area contributed by atoms with Crippen LogP contribution in [0.2, 0.25) is 0 Å². The van der Waals surface area contributed by atoms with Gasteiger partial charge in [0.15, 0.2) is 0 Å². The third kappa shape index (κ3) is 3.28. The average molecular weight is 302 g/mol. The van der Waals surface area contributed by atoms with Gasteiger partial charge in [0.1, 0.15) is 6.61 Å². The summed E-state index contributed by atoms with van der Waals surface area (Å²) in [7, 11) is 0. The first-order chi connectivity index (χ1) is 7.97. The minimum absolute atomic E-state index is 0.0769. The van der Waals surface area contributed by atoms with Crippen molar-refractivity contribution in [2.75, 3.05) is 6.61 Å². The lowest BCUT2D eigenvalue weighted by Gasteiger charge is -2.13. The standard InChI is InChI=1S/C11H12BrNO4/c1-3-4-17-11-9(7(2)14)5-8(12)6-10(11)13(15)16/h3,5-7,14H,1,4H2,2H3/t7-/m0/s1. The largest absolute Gasteiger partial charge is 0.482 e. The number of ether oxygens (including phenoxy) is 1. The number of nitro benzene ring substituents is 1. The van der Waals surface area contributed by atoms with Crippen LogP contribution >= 0.6 is 15.9 Å². The summed E-state index contributed by atoms with van der Waals surface area (Å²) in [4.78, 5) is 10.4. The highest BCUT2D eigenvalue weighted by Crippen LogP contribution is 2.37. The molecule has 1 N–H and O–H groups in total. The fourth-order valence-electron chi connectivity index (χ4n) is 1.35. The molecule has 0 spiro atoms. The van der Waals surface area contributed by atoms with Gasteiger partial charge in [-0.2, -0.15) is 0 Å². The number of benzene rings is 1. The van der Waals surface area contributed by atoms with Gasteiger partial charge in [-0.05, 0) is 13.0 Å². The van der Waals surface area contributed by atoms with E-state index in [-0.39, 0.29) is 18.0 Å². The Kier molecular flexibility index (Phi) is 4.65. The van der Waals surface area contributed by atoms with Crippen LogP contribution in [0, 0.1) is 10.1 Å². The molecule has 0 saturated heterocycles. The summed E-state index contributed by atoms with van der Waals surface area (Å²) in [6.45, 7) is 5.14. The Morgan fingerprint density at radius 3 is 2.82 bits per heavy atom. The molecule has 1 rings (SSSR count). The molecule has 0 heterocycles. The van der Waals surface area contributed by atoms with Gasteiger partial charge in [-0.25, -0.2) is 0 Å². The van der Waals surface area contributed by atoms with Crippen molar-refractivity contribution in [1.29, 1.82) is 0 Å². The molecule has 0 fully saturated rings. The predicted molar refractivity (Wildman–Crippen MR) is 67.1 cm³/mol. The molecule has 0 radical (unpaired) electrons. The average Bonchev–Trinajstić information content (AvgIpc) is 2.26. The Balaban J connectivity index is 3.35. The second kappa shape index (κ2) is 5.79. The van der Waals surface area contributed by atoms with Crippen LogP contribution in [-0.2, 0) is 0 Å². The number of rotatable bonds is 5. The highest BCUT2D eigenvalue weighted by molar-refractivity contribution is 9.10. The van der Waals surface area contributed by atoms with Gasteiger partial charge in [0.25, 0.3) is 0 Å². The number of nitrogens with zero attached hydrogens (tertiary/aromatic N) is 1.